The molecule has 38 heavy (non-hydrogen) atoms. The highest BCUT2D eigenvalue weighted by Crippen LogP contribution is 2.37. The Bertz CT molecular complexity index is 1460. The number of halogens is 5. The molecule has 0 aliphatic heterocycles. The van der Waals surface area contributed by atoms with Crippen LogP contribution in [0.2, 0.25) is 0 Å². The van der Waals surface area contributed by atoms with E-state index in [9.17, 15) is 27.2 Å². The number of aromatic nitrogens is 3. The Morgan fingerprint density at radius 3 is 2.47 bits per heavy atom. The van der Waals surface area contributed by atoms with Crippen LogP contribution in [0.25, 0.3) is 11.1 Å². The van der Waals surface area contributed by atoms with E-state index >= 15 is 0 Å². The molecule has 0 saturated carbocycles. The Hall–Kier alpha value is -4.93. The molecule has 1 aromatic carbocycles. The van der Waals surface area contributed by atoms with E-state index in [4.69, 9.17) is 16.9 Å². The number of nitrogens with zero attached hydrogens (tertiary/aromatic N) is 5. The third kappa shape index (κ3) is 5.72. The lowest BCUT2D eigenvalue weighted by Gasteiger charge is -2.15. The second kappa shape index (κ2) is 11.4. The van der Waals surface area contributed by atoms with Gasteiger partial charge in [0, 0.05) is 47.4 Å². The van der Waals surface area contributed by atoms with Crippen LogP contribution in [0.1, 0.15) is 42.0 Å². The fourth-order valence-corrected chi connectivity index (χ4v) is 3.70. The van der Waals surface area contributed by atoms with Gasteiger partial charge >= 0.3 is 6.18 Å². The molecule has 0 fully saturated rings. The Kier molecular flexibility index (Phi) is 8.31. The number of alkyl halides is 3. The van der Waals surface area contributed by atoms with Crippen molar-refractivity contribution in [2.45, 2.75) is 25.4 Å². The lowest BCUT2D eigenvalue weighted by atomic mass is 9.90. The molecule has 0 amide bonds. The second-order valence-corrected chi connectivity index (χ2v) is 7.69. The number of allylic oxidation sites excluding steroid dienone is 1. The molecule has 1 atom stereocenters. The Labute approximate surface area is 213 Å². The van der Waals surface area contributed by atoms with Gasteiger partial charge in [-0.05, 0) is 30.3 Å². The lowest BCUT2D eigenvalue weighted by Crippen LogP contribution is -2.16. The summed E-state index contributed by atoms with van der Waals surface area (Å²) >= 11 is 0. The number of H-pyrrole nitrogens is 1. The first-order chi connectivity index (χ1) is 18.0. The summed E-state index contributed by atoms with van der Waals surface area (Å²) in [5.41, 5.74) is 12.4. The number of hydrogen-bond acceptors (Lipinski definition) is 6. The molecule has 3 rings (SSSR count). The highest BCUT2D eigenvalue weighted by molar-refractivity contribution is 6.06. The van der Waals surface area contributed by atoms with Gasteiger partial charge in [0.1, 0.15) is 24.1 Å². The smallest absolute Gasteiger partial charge is 0.404 e. The highest BCUT2D eigenvalue weighted by Gasteiger charge is 2.35. The van der Waals surface area contributed by atoms with Crippen molar-refractivity contribution in [2.24, 2.45) is 21.5 Å². The molecular formula is C24H20F5N9. The summed E-state index contributed by atoms with van der Waals surface area (Å²) in [7, 11) is 0. The predicted molar refractivity (Wildman–Crippen MR) is 131 cm³/mol. The van der Waals surface area contributed by atoms with Crippen molar-refractivity contribution in [2.75, 3.05) is 0 Å². The molecule has 9 nitrogen and oxygen atoms in total. The van der Waals surface area contributed by atoms with Crippen molar-refractivity contribution in [3.8, 4) is 17.2 Å². The molecule has 0 spiro atoms. The van der Waals surface area contributed by atoms with Crippen LogP contribution in [0.5, 0.6) is 0 Å². The quantitative estimate of drug-likeness (QED) is 0.188. The molecule has 2 aromatic heterocycles. The molecule has 2 heterocycles. The predicted octanol–water partition coefficient (Wildman–Crippen LogP) is 4.69. The fourth-order valence-electron chi connectivity index (χ4n) is 3.70. The number of nitrogens with one attached hydrogen (secondary N) is 2. The zero-order chi connectivity index (χ0) is 28.0. The lowest BCUT2D eigenvalue weighted by molar-refractivity contribution is -0.144. The molecule has 0 saturated heterocycles. The first kappa shape index (κ1) is 27.7. The largest absolute Gasteiger partial charge is 0.451 e. The van der Waals surface area contributed by atoms with Gasteiger partial charge in [-0.15, -0.1) is 0 Å². The van der Waals surface area contributed by atoms with Gasteiger partial charge in [-0.25, -0.2) is 23.7 Å². The van der Waals surface area contributed by atoms with Crippen LogP contribution in [-0.2, 0) is 6.18 Å². The molecule has 0 bridgehead atoms. The molecule has 0 aliphatic carbocycles. The first-order valence-electron chi connectivity index (χ1n) is 10.8. The summed E-state index contributed by atoms with van der Waals surface area (Å²) in [4.78, 5) is 17.4. The van der Waals surface area contributed by atoms with Gasteiger partial charge in [0.05, 0.1) is 16.9 Å². The standard InChI is InChI=1S/C24H20F5N9/c1-2-15(12(6-30)8-34-18-4-3-14(25)5-17(18)26)20-16(7-31)19(21(38-20)22(33)37-11-32)13-9-35-23(36-10-13)24(27,28)29/h3-6,8-11,15,38H,2,30H2,1H3,(H3,32,33,37). The zero-order valence-corrected chi connectivity index (χ0v) is 19.7. The monoisotopic (exact) mass is 529 g/mol. The van der Waals surface area contributed by atoms with Crippen LogP contribution in [0.15, 0.2) is 52.4 Å². The minimum absolute atomic E-state index is 0.0148. The van der Waals surface area contributed by atoms with Gasteiger partial charge in [0.2, 0.25) is 5.82 Å². The van der Waals surface area contributed by atoms with E-state index < -0.39 is 29.6 Å². The molecule has 196 valence electrons. The molecule has 14 heteroatoms. The van der Waals surface area contributed by atoms with E-state index in [1.54, 1.807) is 6.92 Å². The van der Waals surface area contributed by atoms with Gasteiger partial charge < -0.3 is 16.5 Å². The normalized spacial score (nSPS) is 13.5. The molecule has 0 radical (unpaired) electrons. The Morgan fingerprint density at radius 1 is 1.26 bits per heavy atom. The number of nitriles is 1. The maximum absolute atomic E-state index is 14.1. The Balaban J connectivity index is 2.18. The van der Waals surface area contributed by atoms with E-state index in [0.717, 1.165) is 24.5 Å². The second-order valence-electron chi connectivity index (χ2n) is 7.69. The van der Waals surface area contributed by atoms with Crippen molar-refractivity contribution < 1.29 is 22.0 Å². The first-order valence-corrected chi connectivity index (χ1v) is 10.8. The number of aromatic amines is 1. The van der Waals surface area contributed by atoms with Gasteiger partial charge in [0.15, 0.2) is 5.82 Å². The van der Waals surface area contributed by atoms with Gasteiger partial charge in [-0.1, -0.05) is 6.92 Å². The van der Waals surface area contributed by atoms with E-state index in [-0.39, 0.29) is 39.6 Å². The van der Waals surface area contributed by atoms with Crippen LogP contribution >= 0.6 is 0 Å². The summed E-state index contributed by atoms with van der Waals surface area (Å²) in [5.74, 6) is -3.93. The van der Waals surface area contributed by atoms with Crippen LogP contribution in [-0.4, -0.2) is 33.3 Å². The van der Waals surface area contributed by atoms with E-state index in [0.29, 0.717) is 24.4 Å². The molecule has 3 aromatic rings. The summed E-state index contributed by atoms with van der Waals surface area (Å²) < 4.78 is 66.2. The minimum atomic E-state index is -4.78. The van der Waals surface area contributed by atoms with Crippen molar-refractivity contribution in [3.63, 3.8) is 0 Å². The number of benzene rings is 1. The van der Waals surface area contributed by atoms with Gasteiger partial charge in [0.25, 0.3) is 0 Å². The van der Waals surface area contributed by atoms with Gasteiger partial charge in [-0.3, -0.25) is 10.4 Å². The number of amidine groups is 1. The van der Waals surface area contributed by atoms with Crippen LogP contribution in [0.3, 0.4) is 0 Å². The van der Waals surface area contributed by atoms with Crippen LogP contribution < -0.4 is 11.5 Å². The van der Waals surface area contributed by atoms with E-state index in [1.165, 1.54) is 12.4 Å². The zero-order valence-electron chi connectivity index (χ0n) is 19.7. The summed E-state index contributed by atoms with van der Waals surface area (Å²) in [6, 6.07) is 4.86. The van der Waals surface area contributed by atoms with Crippen molar-refractivity contribution >= 4 is 24.1 Å². The molecular weight excluding hydrogens is 509 g/mol. The number of aliphatic imine (C=N–C) groups is 2. The minimum Gasteiger partial charge on any atom is -0.404 e. The fraction of sp³-hybridized carbons (Fsp3) is 0.167. The number of hydrogen-bond donors (Lipinski definition) is 4. The third-order valence-corrected chi connectivity index (χ3v) is 5.41. The summed E-state index contributed by atoms with van der Waals surface area (Å²) in [6.07, 6.45) is 0.440. The SMILES string of the molecule is CCC(C(C=Nc1ccc(F)cc1F)=CN)c1[nH]c(C(N)=NC=N)c(-c2cnc(C(F)(F)F)nc2)c1C#N. The molecule has 6 N–H and O–H groups in total. The maximum Gasteiger partial charge on any atom is 0.451 e. The van der Waals surface area contributed by atoms with Crippen molar-refractivity contribution in [1.82, 2.24) is 15.0 Å². The molecule has 0 aliphatic rings. The number of rotatable bonds is 8. The Morgan fingerprint density at radius 2 is 1.95 bits per heavy atom. The summed E-state index contributed by atoms with van der Waals surface area (Å²) in [6.45, 7) is 1.76. The van der Waals surface area contributed by atoms with Crippen molar-refractivity contribution in [1.29, 1.82) is 10.7 Å². The highest BCUT2D eigenvalue weighted by atomic mass is 19.4. The topological polar surface area (TPSA) is 166 Å². The average Bonchev–Trinajstić information content (AvgIpc) is 3.26. The van der Waals surface area contributed by atoms with Crippen LogP contribution in [0, 0.1) is 28.4 Å². The van der Waals surface area contributed by atoms with Crippen LogP contribution in [0.4, 0.5) is 27.6 Å². The summed E-state index contributed by atoms with van der Waals surface area (Å²) in [5, 5.41) is 17.3. The number of nitrogens with two attached hydrogens (primary N) is 2. The van der Waals surface area contributed by atoms with Gasteiger partial charge in [-0.2, -0.15) is 18.4 Å². The third-order valence-electron chi connectivity index (χ3n) is 5.41. The maximum atomic E-state index is 14.1. The molecule has 1 unspecified atom stereocenters. The average molecular weight is 529 g/mol. The van der Waals surface area contributed by atoms with E-state index in [1.807, 2.05) is 6.07 Å². The van der Waals surface area contributed by atoms with Crippen molar-refractivity contribution in [3.05, 3.63) is 76.8 Å². The van der Waals surface area contributed by atoms with E-state index in [2.05, 4.69) is 24.9 Å².